The largest absolute Gasteiger partial charge is 0.472 e. The molecule has 1 unspecified atom stereocenters. The fourth-order valence-electron chi connectivity index (χ4n) is 2.19. The van der Waals surface area contributed by atoms with E-state index in [-0.39, 0.29) is 6.10 Å². The van der Waals surface area contributed by atoms with E-state index in [1.165, 1.54) is 5.56 Å². The van der Waals surface area contributed by atoms with E-state index >= 15 is 0 Å². The quantitative estimate of drug-likeness (QED) is 0.851. The molecule has 2 rings (SSSR count). The Morgan fingerprint density at radius 2 is 2.44 bits per heavy atom. The van der Waals surface area contributed by atoms with Gasteiger partial charge in [-0.25, -0.2) is 0 Å². The zero-order valence-electron chi connectivity index (χ0n) is 10.1. The summed E-state index contributed by atoms with van der Waals surface area (Å²) >= 11 is 0. The second-order valence-electron chi connectivity index (χ2n) is 4.92. The second kappa shape index (κ2) is 5.51. The molecule has 90 valence electrons. The molecule has 3 nitrogen and oxygen atoms in total. The first-order valence-corrected chi connectivity index (χ1v) is 6.12. The maximum absolute atomic E-state index is 5.98. The highest BCUT2D eigenvalue weighted by atomic mass is 16.5. The molecule has 0 amide bonds. The average molecular weight is 223 g/mol. The van der Waals surface area contributed by atoms with Gasteiger partial charge in [0, 0.05) is 19.1 Å². The Kier molecular flexibility index (Phi) is 4.02. The van der Waals surface area contributed by atoms with Gasteiger partial charge in [-0.15, -0.1) is 0 Å². The van der Waals surface area contributed by atoms with Crippen molar-refractivity contribution in [1.82, 2.24) is 5.32 Å². The van der Waals surface area contributed by atoms with E-state index in [1.54, 1.807) is 6.26 Å². The van der Waals surface area contributed by atoms with Gasteiger partial charge in [0.1, 0.15) is 0 Å². The fourth-order valence-corrected chi connectivity index (χ4v) is 2.19. The van der Waals surface area contributed by atoms with Crippen molar-refractivity contribution in [2.24, 2.45) is 5.92 Å². The minimum atomic E-state index is 0.286. The molecule has 3 heteroatoms. The third-order valence-corrected chi connectivity index (χ3v) is 3.04. The predicted molar refractivity (Wildman–Crippen MR) is 63.5 cm³/mol. The van der Waals surface area contributed by atoms with Gasteiger partial charge in [-0.05, 0) is 30.5 Å². The molecule has 0 spiro atoms. The zero-order valence-corrected chi connectivity index (χ0v) is 10.1. The Morgan fingerprint density at radius 3 is 3.12 bits per heavy atom. The number of rotatable bonds is 4. The van der Waals surface area contributed by atoms with Gasteiger partial charge in [-0.2, -0.15) is 0 Å². The van der Waals surface area contributed by atoms with E-state index in [1.807, 2.05) is 6.26 Å². The highest BCUT2D eigenvalue weighted by Gasteiger charge is 2.27. The predicted octanol–water partition coefficient (Wildman–Crippen LogP) is 2.40. The number of furan rings is 1. The lowest BCUT2D eigenvalue weighted by molar-refractivity contribution is 0.00771. The summed E-state index contributed by atoms with van der Waals surface area (Å²) in [6.07, 6.45) is 5.01. The monoisotopic (exact) mass is 223 g/mol. The molecule has 0 bridgehead atoms. The summed E-state index contributed by atoms with van der Waals surface area (Å²) < 4.78 is 11.1. The van der Waals surface area contributed by atoms with Crippen molar-refractivity contribution >= 4 is 0 Å². The van der Waals surface area contributed by atoms with Crippen LogP contribution in [0.4, 0.5) is 0 Å². The van der Waals surface area contributed by atoms with Crippen molar-refractivity contribution in [1.29, 1.82) is 0 Å². The molecule has 1 aliphatic rings. The molecule has 1 saturated heterocycles. The van der Waals surface area contributed by atoms with Crippen LogP contribution in [0.1, 0.15) is 31.7 Å². The molecule has 1 aromatic rings. The summed E-state index contributed by atoms with van der Waals surface area (Å²) in [7, 11) is 0. The van der Waals surface area contributed by atoms with Crippen molar-refractivity contribution < 1.29 is 9.15 Å². The summed E-state index contributed by atoms with van der Waals surface area (Å²) in [5.41, 5.74) is 1.27. The molecule has 0 radical (unpaired) electrons. The standard InChI is InChI=1S/C13H21NO2/c1-10(2)8-16-13-7-14-5-3-12(13)11-4-6-15-9-11/h4,6,9-10,12-14H,3,5,7-8H2,1-2H3/t12?,13-/m1/s1. The lowest BCUT2D eigenvalue weighted by Crippen LogP contribution is -2.41. The number of nitrogens with one attached hydrogen (secondary N) is 1. The van der Waals surface area contributed by atoms with Crippen LogP contribution in [-0.4, -0.2) is 25.8 Å². The van der Waals surface area contributed by atoms with Crippen LogP contribution in [0.3, 0.4) is 0 Å². The van der Waals surface area contributed by atoms with Gasteiger partial charge in [0.05, 0.1) is 18.6 Å². The van der Waals surface area contributed by atoms with Crippen LogP contribution in [0.2, 0.25) is 0 Å². The Balaban J connectivity index is 1.97. The maximum Gasteiger partial charge on any atom is 0.0938 e. The molecule has 2 heterocycles. The van der Waals surface area contributed by atoms with Gasteiger partial charge in [-0.3, -0.25) is 0 Å². The van der Waals surface area contributed by atoms with Gasteiger partial charge >= 0.3 is 0 Å². The minimum absolute atomic E-state index is 0.286. The fraction of sp³-hybridized carbons (Fsp3) is 0.692. The van der Waals surface area contributed by atoms with E-state index in [0.29, 0.717) is 11.8 Å². The summed E-state index contributed by atoms with van der Waals surface area (Å²) in [5.74, 6) is 1.07. The normalized spacial score (nSPS) is 26.2. The zero-order chi connectivity index (χ0) is 11.4. The van der Waals surface area contributed by atoms with Crippen molar-refractivity contribution in [2.75, 3.05) is 19.7 Å². The summed E-state index contributed by atoms with van der Waals surface area (Å²) in [5, 5.41) is 3.39. The van der Waals surface area contributed by atoms with Crippen molar-refractivity contribution in [2.45, 2.75) is 32.3 Å². The first kappa shape index (κ1) is 11.7. The van der Waals surface area contributed by atoms with Crippen molar-refractivity contribution in [3.63, 3.8) is 0 Å². The van der Waals surface area contributed by atoms with E-state index in [0.717, 1.165) is 26.1 Å². The maximum atomic E-state index is 5.98. The molecule has 2 atom stereocenters. The van der Waals surface area contributed by atoms with Gasteiger partial charge in [0.15, 0.2) is 0 Å². The molecule has 0 aliphatic carbocycles. The SMILES string of the molecule is CC(C)CO[C@@H]1CNCCC1c1ccoc1. The molecule has 1 fully saturated rings. The highest BCUT2D eigenvalue weighted by molar-refractivity contribution is 5.15. The van der Waals surface area contributed by atoms with Crippen LogP contribution in [0.5, 0.6) is 0 Å². The number of hydrogen-bond donors (Lipinski definition) is 1. The molecular formula is C13H21NO2. The molecule has 1 aromatic heterocycles. The van der Waals surface area contributed by atoms with Crippen LogP contribution >= 0.6 is 0 Å². The van der Waals surface area contributed by atoms with E-state index in [4.69, 9.17) is 9.15 Å². The third kappa shape index (κ3) is 2.86. The third-order valence-electron chi connectivity index (χ3n) is 3.04. The molecule has 0 saturated carbocycles. The van der Waals surface area contributed by atoms with Crippen LogP contribution in [0.15, 0.2) is 23.0 Å². The smallest absolute Gasteiger partial charge is 0.0938 e. The first-order chi connectivity index (χ1) is 7.77. The Bertz CT molecular complexity index is 295. The number of hydrogen-bond acceptors (Lipinski definition) is 3. The van der Waals surface area contributed by atoms with Crippen LogP contribution in [-0.2, 0) is 4.74 Å². The summed E-state index contributed by atoms with van der Waals surface area (Å²) in [6.45, 7) is 7.22. The topological polar surface area (TPSA) is 34.4 Å². The van der Waals surface area contributed by atoms with Crippen molar-refractivity contribution in [3.05, 3.63) is 24.2 Å². The first-order valence-electron chi connectivity index (χ1n) is 6.12. The lowest BCUT2D eigenvalue weighted by Gasteiger charge is -2.32. The van der Waals surface area contributed by atoms with Gasteiger partial charge in [-0.1, -0.05) is 13.8 Å². The van der Waals surface area contributed by atoms with Crippen LogP contribution in [0.25, 0.3) is 0 Å². The van der Waals surface area contributed by atoms with Crippen LogP contribution < -0.4 is 5.32 Å². The summed E-state index contributed by atoms with van der Waals surface area (Å²) in [4.78, 5) is 0. The lowest BCUT2D eigenvalue weighted by atomic mass is 9.89. The summed E-state index contributed by atoms with van der Waals surface area (Å²) in [6, 6.07) is 2.06. The number of ether oxygens (including phenoxy) is 1. The van der Waals surface area contributed by atoms with Gasteiger partial charge < -0.3 is 14.5 Å². The Morgan fingerprint density at radius 1 is 1.56 bits per heavy atom. The van der Waals surface area contributed by atoms with E-state index in [2.05, 4.69) is 25.2 Å². The second-order valence-corrected chi connectivity index (χ2v) is 4.92. The Labute approximate surface area is 97.2 Å². The van der Waals surface area contributed by atoms with E-state index < -0.39 is 0 Å². The molecule has 1 aliphatic heterocycles. The van der Waals surface area contributed by atoms with Gasteiger partial charge in [0.25, 0.3) is 0 Å². The molecule has 1 N–H and O–H groups in total. The number of piperidine rings is 1. The molecule has 16 heavy (non-hydrogen) atoms. The van der Waals surface area contributed by atoms with Crippen LogP contribution in [0, 0.1) is 5.92 Å². The molecular weight excluding hydrogens is 202 g/mol. The Hall–Kier alpha value is -0.800. The minimum Gasteiger partial charge on any atom is -0.472 e. The average Bonchev–Trinajstić information content (AvgIpc) is 2.80. The highest BCUT2D eigenvalue weighted by Crippen LogP contribution is 2.28. The van der Waals surface area contributed by atoms with Crippen molar-refractivity contribution in [3.8, 4) is 0 Å². The van der Waals surface area contributed by atoms with E-state index in [9.17, 15) is 0 Å². The van der Waals surface area contributed by atoms with Gasteiger partial charge in [0.2, 0.25) is 0 Å². The molecule has 0 aromatic carbocycles.